The second kappa shape index (κ2) is 5.74. The second-order valence-electron chi connectivity index (χ2n) is 5.40. The predicted octanol–water partition coefficient (Wildman–Crippen LogP) is 3.33. The zero-order valence-electron chi connectivity index (χ0n) is 12.5. The molecule has 0 fully saturated rings. The number of likely N-dealkylation sites (N-methyl/N-ethyl adjacent to an activating group) is 1. The van der Waals surface area contributed by atoms with Gasteiger partial charge in [0.25, 0.3) is 0 Å². The average molecular weight is 284 g/mol. The van der Waals surface area contributed by atoms with Crippen molar-refractivity contribution in [3.63, 3.8) is 0 Å². The second-order valence-corrected chi connectivity index (χ2v) is 5.40. The van der Waals surface area contributed by atoms with Crippen molar-refractivity contribution < 1.29 is 9.21 Å². The Morgan fingerprint density at radius 1 is 1.38 bits per heavy atom. The number of allylic oxidation sites excluding steroid dienone is 1. The zero-order chi connectivity index (χ0) is 14.8. The number of amides is 1. The van der Waals surface area contributed by atoms with Crippen molar-refractivity contribution >= 4 is 28.1 Å². The Kier molecular flexibility index (Phi) is 3.80. The normalized spacial score (nSPS) is 15.1. The molecule has 0 saturated heterocycles. The molecule has 0 radical (unpaired) electrons. The maximum atomic E-state index is 11.5. The van der Waals surface area contributed by atoms with Crippen LogP contribution < -0.4 is 10.6 Å². The summed E-state index contributed by atoms with van der Waals surface area (Å²) in [5, 5.41) is 7.22. The van der Waals surface area contributed by atoms with E-state index < -0.39 is 0 Å². The molecule has 0 spiro atoms. The number of carbonyl (C=O) groups is 1. The third kappa shape index (κ3) is 2.85. The minimum atomic E-state index is 0.0901. The zero-order valence-corrected chi connectivity index (χ0v) is 12.5. The number of benzene rings is 1. The summed E-state index contributed by atoms with van der Waals surface area (Å²) in [5.74, 6) is 0.976. The summed E-state index contributed by atoms with van der Waals surface area (Å²) in [5.41, 5.74) is 4.07. The van der Waals surface area contributed by atoms with Crippen LogP contribution >= 0.6 is 0 Å². The average Bonchev–Trinajstić information content (AvgIpc) is 2.87. The highest BCUT2D eigenvalue weighted by atomic mass is 16.3. The standard InChI is InChI=1S/C17H20N2O2/c1-3-18-7-6-11(2)15-10-13-8-14-12(9-16(13)21-15)4-5-17(20)19-14/h6,8-10,18H,3-5,7H2,1-2H3,(H,19,20)/b11-6+. The van der Waals surface area contributed by atoms with Crippen molar-refractivity contribution in [1.82, 2.24) is 5.32 Å². The number of carbonyl (C=O) groups excluding carboxylic acids is 1. The minimum absolute atomic E-state index is 0.0901. The van der Waals surface area contributed by atoms with Crippen LogP contribution in [0.1, 0.15) is 31.6 Å². The number of hydrogen-bond acceptors (Lipinski definition) is 3. The molecule has 1 amide bonds. The first kappa shape index (κ1) is 13.9. The number of hydrogen-bond donors (Lipinski definition) is 2. The monoisotopic (exact) mass is 284 g/mol. The third-order valence-corrected chi connectivity index (χ3v) is 3.83. The van der Waals surface area contributed by atoms with Gasteiger partial charge in [-0.25, -0.2) is 0 Å². The number of furan rings is 1. The lowest BCUT2D eigenvalue weighted by Crippen LogP contribution is -2.18. The molecule has 1 aliphatic rings. The summed E-state index contributed by atoms with van der Waals surface area (Å²) in [4.78, 5) is 11.5. The van der Waals surface area contributed by atoms with Gasteiger partial charge in [-0.3, -0.25) is 4.79 Å². The Morgan fingerprint density at radius 2 is 2.24 bits per heavy atom. The van der Waals surface area contributed by atoms with Crippen LogP contribution in [0.15, 0.2) is 28.7 Å². The molecule has 1 aliphatic heterocycles. The lowest BCUT2D eigenvalue weighted by molar-refractivity contribution is -0.116. The molecule has 2 heterocycles. The Morgan fingerprint density at radius 3 is 3.05 bits per heavy atom. The summed E-state index contributed by atoms with van der Waals surface area (Å²) in [6.07, 6.45) is 3.46. The lowest BCUT2D eigenvalue weighted by Gasteiger charge is -2.16. The number of anilines is 1. The number of rotatable bonds is 4. The van der Waals surface area contributed by atoms with E-state index in [2.05, 4.69) is 30.6 Å². The topological polar surface area (TPSA) is 54.3 Å². The van der Waals surface area contributed by atoms with Crippen molar-refractivity contribution in [2.24, 2.45) is 0 Å². The molecule has 4 heteroatoms. The van der Waals surface area contributed by atoms with Crippen LogP contribution in [0.3, 0.4) is 0 Å². The van der Waals surface area contributed by atoms with Crippen LogP contribution in [0, 0.1) is 0 Å². The van der Waals surface area contributed by atoms with E-state index in [4.69, 9.17) is 4.42 Å². The molecule has 0 aliphatic carbocycles. The molecule has 1 aromatic heterocycles. The quantitative estimate of drug-likeness (QED) is 0.847. The summed E-state index contributed by atoms with van der Waals surface area (Å²) >= 11 is 0. The van der Waals surface area contributed by atoms with Crippen LogP contribution in [0.4, 0.5) is 5.69 Å². The van der Waals surface area contributed by atoms with Crippen molar-refractivity contribution in [2.45, 2.75) is 26.7 Å². The van der Waals surface area contributed by atoms with E-state index in [1.54, 1.807) is 0 Å². The molecule has 0 unspecified atom stereocenters. The van der Waals surface area contributed by atoms with Gasteiger partial charge in [0, 0.05) is 24.0 Å². The Bertz CT molecular complexity index is 713. The third-order valence-electron chi connectivity index (χ3n) is 3.83. The summed E-state index contributed by atoms with van der Waals surface area (Å²) < 4.78 is 5.94. The molecule has 21 heavy (non-hydrogen) atoms. The van der Waals surface area contributed by atoms with Gasteiger partial charge in [-0.1, -0.05) is 13.0 Å². The number of aryl methyl sites for hydroxylation is 1. The lowest BCUT2D eigenvalue weighted by atomic mass is 10.0. The molecule has 3 rings (SSSR count). The Balaban J connectivity index is 1.93. The largest absolute Gasteiger partial charge is 0.456 e. The fraction of sp³-hybridized carbons (Fsp3) is 0.353. The van der Waals surface area contributed by atoms with Crippen LogP contribution in [0.25, 0.3) is 16.5 Å². The number of nitrogens with one attached hydrogen (secondary N) is 2. The van der Waals surface area contributed by atoms with Gasteiger partial charge in [0.05, 0.1) is 0 Å². The maximum Gasteiger partial charge on any atom is 0.224 e. The van der Waals surface area contributed by atoms with Gasteiger partial charge in [0.1, 0.15) is 11.3 Å². The first-order valence-electron chi connectivity index (χ1n) is 7.41. The molecular weight excluding hydrogens is 264 g/mol. The fourth-order valence-corrected chi connectivity index (χ4v) is 2.58. The van der Waals surface area contributed by atoms with E-state index in [0.717, 1.165) is 53.1 Å². The van der Waals surface area contributed by atoms with Gasteiger partial charge in [-0.15, -0.1) is 0 Å². The van der Waals surface area contributed by atoms with Crippen LogP contribution in [0.2, 0.25) is 0 Å². The Hall–Kier alpha value is -2.07. The highest BCUT2D eigenvalue weighted by molar-refractivity contribution is 5.97. The molecule has 0 bridgehead atoms. The van der Waals surface area contributed by atoms with Crippen molar-refractivity contribution in [3.05, 3.63) is 35.6 Å². The molecule has 110 valence electrons. The highest BCUT2D eigenvalue weighted by Gasteiger charge is 2.17. The van der Waals surface area contributed by atoms with Gasteiger partial charge in [-0.05, 0) is 49.2 Å². The van der Waals surface area contributed by atoms with Crippen molar-refractivity contribution in [3.8, 4) is 0 Å². The van der Waals surface area contributed by atoms with E-state index in [0.29, 0.717) is 6.42 Å². The minimum Gasteiger partial charge on any atom is -0.456 e. The SMILES string of the molecule is CCNC/C=C(\C)c1cc2cc3c(cc2o1)CCC(=O)N3. The van der Waals surface area contributed by atoms with Crippen molar-refractivity contribution in [1.29, 1.82) is 0 Å². The fourth-order valence-electron chi connectivity index (χ4n) is 2.58. The highest BCUT2D eigenvalue weighted by Crippen LogP contribution is 2.31. The maximum absolute atomic E-state index is 11.5. The van der Waals surface area contributed by atoms with Gasteiger partial charge >= 0.3 is 0 Å². The molecule has 2 aromatic rings. The van der Waals surface area contributed by atoms with E-state index in [1.807, 2.05) is 18.2 Å². The molecular formula is C17H20N2O2. The summed E-state index contributed by atoms with van der Waals surface area (Å²) in [6.45, 7) is 5.93. The molecule has 0 atom stereocenters. The summed E-state index contributed by atoms with van der Waals surface area (Å²) in [6, 6.07) is 6.09. The van der Waals surface area contributed by atoms with Gasteiger partial charge in [0.15, 0.2) is 0 Å². The molecule has 0 saturated carbocycles. The summed E-state index contributed by atoms with van der Waals surface area (Å²) in [7, 11) is 0. The smallest absolute Gasteiger partial charge is 0.224 e. The van der Waals surface area contributed by atoms with Crippen LogP contribution in [0.5, 0.6) is 0 Å². The van der Waals surface area contributed by atoms with Gasteiger partial charge < -0.3 is 15.1 Å². The van der Waals surface area contributed by atoms with Crippen LogP contribution in [-0.4, -0.2) is 19.0 Å². The van der Waals surface area contributed by atoms with E-state index in [9.17, 15) is 4.79 Å². The molecule has 2 N–H and O–H groups in total. The number of fused-ring (bicyclic) bond motifs is 2. The predicted molar refractivity (Wildman–Crippen MR) is 85.4 cm³/mol. The first-order valence-corrected chi connectivity index (χ1v) is 7.41. The van der Waals surface area contributed by atoms with Gasteiger partial charge in [-0.2, -0.15) is 0 Å². The van der Waals surface area contributed by atoms with Gasteiger partial charge in [0.2, 0.25) is 5.91 Å². The van der Waals surface area contributed by atoms with E-state index in [-0.39, 0.29) is 5.91 Å². The van der Waals surface area contributed by atoms with Crippen molar-refractivity contribution in [2.75, 3.05) is 18.4 Å². The molecule has 1 aromatic carbocycles. The van der Waals surface area contributed by atoms with Crippen LogP contribution in [-0.2, 0) is 11.2 Å². The van der Waals surface area contributed by atoms with E-state index in [1.165, 1.54) is 0 Å². The van der Waals surface area contributed by atoms with E-state index >= 15 is 0 Å². The molecule has 4 nitrogen and oxygen atoms in total. The first-order chi connectivity index (χ1) is 10.2. The Labute approximate surface area is 124 Å².